The van der Waals surface area contributed by atoms with Gasteiger partial charge in [0, 0.05) is 13.7 Å². The first-order valence-corrected chi connectivity index (χ1v) is 5.80. The molecule has 0 aliphatic rings. The largest absolute Gasteiger partial charge is 0.480 e. The zero-order chi connectivity index (χ0) is 14.0. The Morgan fingerprint density at radius 1 is 1.33 bits per heavy atom. The highest BCUT2D eigenvalue weighted by Crippen LogP contribution is 2.01. The van der Waals surface area contributed by atoms with Gasteiger partial charge < -0.3 is 25.2 Å². The first kappa shape index (κ1) is 16.7. The molecule has 1 atom stereocenters. The van der Waals surface area contributed by atoms with E-state index in [0.717, 1.165) is 0 Å². The van der Waals surface area contributed by atoms with E-state index >= 15 is 0 Å². The van der Waals surface area contributed by atoms with Gasteiger partial charge in [-0.1, -0.05) is 13.8 Å². The molecule has 0 aliphatic carbocycles. The molecule has 0 aliphatic heterocycles. The second-order valence-electron chi connectivity index (χ2n) is 4.15. The van der Waals surface area contributed by atoms with E-state index in [2.05, 4.69) is 10.6 Å². The third kappa shape index (κ3) is 8.77. The Hall–Kier alpha value is -1.34. The SMILES string of the molecule is COCC(NC(=O)NCCOCC(=O)O)C(C)C. The minimum absolute atomic E-state index is 0.0602. The molecule has 0 aromatic heterocycles. The molecule has 106 valence electrons. The van der Waals surface area contributed by atoms with Crippen LogP contribution in [0.4, 0.5) is 4.79 Å². The van der Waals surface area contributed by atoms with Gasteiger partial charge in [0.15, 0.2) is 0 Å². The number of carbonyl (C=O) groups excluding carboxylic acids is 1. The van der Waals surface area contributed by atoms with E-state index in [-0.39, 0.29) is 37.7 Å². The van der Waals surface area contributed by atoms with Crippen molar-refractivity contribution in [1.29, 1.82) is 0 Å². The number of ether oxygens (including phenoxy) is 2. The van der Waals surface area contributed by atoms with Crippen LogP contribution in [0.5, 0.6) is 0 Å². The molecular formula is C11H22N2O5. The monoisotopic (exact) mass is 262 g/mol. The van der Waals surface area contributed by atoms with Crippen LogP contribution in [0.3, 0.4) is 0 Å². The van der Waals surface area contributed by atoms with Gasteiger partial charge in [0.1, 0.15) is 6.61 Å². The van der Waals surface area contributed by atoms with Gasteiger partial charge in [-0.05, 0) is 5.92 Å². The molecule has 0 saturated carbocycles. The molecule has 0 bridgehead atoms. The highest BCUT2D eigenvalue weighted by atomic mass is 16.5. The van der Waals surface area contributed by atoms with Gasteiger partial charge in [-0.2, -0.15) is 0 Å². The van der Waals surface area contributed by atoms with Crippen molar-refractivity contribution in [3.8, 4) is 0 Å². The smallest absolute Gasteiger partial charge is 0.329 e. The Morgan fingerprint density at radius 3 is 2.50 bits per heavy atom. The van der Waals surface area contributed by atoms with Gasteiger partial charge in [0.25, 0.3) is 0 Å². The highest BCUT2D eigenvalue weighted by Gasteiger charge is 2.15. The van der Waals surface area contributed by atoms with Gasteiger partial charge in [-0.25, -0.2) is 9.59 Å². The van der Waals surface area contributed by atoms with Gasteiger partial charge in [-0.3, -0.25) is 0 Å². The molecule has 1 unspecified atom stereocenters. The molecule has 3 N–H and O–H groups in total. The fourth-order valence-corrected chi connectivity index (χ4v) is 1.20. The highest BCUT2D eigenvalue weighted by molar-refractivity contribution is 5.74. The summed E-state index contributed by atoms with van der Waals surface area (Å²) in [6, 6.07) is -0.375. The second kappa shape index (κ2) is 9.67. The van der Waals surface area contributed by atoms with E-state index in [9.17, 15) is 9.59 Å². The minimum atomic E-state index is -1.03. The van der Waals surface area contributed by atoms with Crippen molar-refractivity contribution in [3.05, 3.63) is 0 Å². The number of methoxy groups -OCH3 is 1. The van der Waals surface area contributed by atoms with Crippen LogP contribution in [0.1, 0.15) is 13.8 Å². The van der Waals surface area contributed by atoms with Crippen molar-refractivity contribution in [1.82, 2.24) is 10.6 Å². The summed E-state index contributed by atoms with van der Waals surface area (Å²) in [5, 5.41) is 13.7. The molecule has 0 radical (unpaired) electrons. The van der Waals surface area contributed by atoms with Crippen LogP contribution in [0, 0.1) is 5.92 Å². The number of urea groups is 1. The summed E-state index contributed by atoms with van der Waals surface area (Å²) in [7, 11) is 1.58. The molecule has 0 rings (SSSR count). The Kier molecular flexibility index (Phi) is 8.95. The lowest BCUT2D eigenvalue weighted by Crippen LogP contribution is -2.47. The summed E-state index contributed by atoms with van der Waals surface area (Å²) in [5.74, 6) is -0.765. The van der Waals surface area contributed by atoms with Gasteiger partial charge in [0.2, 0.25) is 0 Å². The molecule has 0 fully saturated rings. The molecule has 7 nitrogen and oxygen atoms in total. The van der Waals surface area contributed by atoms with Crippen molar-refractivity contribution in [2.24, 2.45) is 5.92 Å². The van der Waals surface area contributed by atoms with E-state index in [1.807, 2.05) is 13.8 Å². The molecule has 0 spiro atoms. The fraction of sp³-hybridized carbons (Fsp3) is 0.818. The molecule has 0 aromatic rings. The quantitative estimate of drug-likeness (QED) is 0.510. The maximum atomic E-state index is 11.5. The van der Waals surface area contributed by atoms with Crippen molar-refractivity contribution in [2.45, 2.75) is 19.9 Å². The predicted octanol–water partition coefficient (Wildman–Crippen LogP) is 0.0578. The van der Waals surface area contributed by atoms with E-state index in [4.69, 9.17) is 14.6 Å². The number of carbonyl (C=O) groups is 2. The lowest BCUT2D eigenvalue weighted by Gasteiger charge is -2.21. The molecule has 0 aromatic carbocycles. The average molecular weight is 262 g/mol. The average Bonchev–Trinajstić information content (AvgIpc) is 2.27. The van der Waals surface area contributed by atoms with Crippen LogP contribution in [0.2, 0.25) is 0 Å². The van der Waals surface area contributed by atoms with Crippen molar-refractivity contribution in [2.75, 3.05) is 33.5 Å². The summed E-state index contributed by atoms with van der Waals surface area (Å²) in [4.78, 5) is 21.6. The number of hydrogen-bond acceptors (Lipinski definition) is 4. The van der Waals surface area contributed by atoms with Gasteiger partial charge >= 0.3 is 12.0 Å². The van der Waals surface area contributed by atoms with Crippen LogP contribution >= 0.6 is 0 Å². The number of nitrogens with one attached hydrogen (secondary N) is 2. The molecule has 18 heavy (non-hydrogen) atoms. The number of aliphatic carboxylic acids is 1. The molecular weight excluding hydrogens is 240 g/mol. The summed E-state index contributed by atoms with van der Waals surface area (Å²) < 4.78 is 9.78. The van der Waals surface area contributed by atoms with Gasteiger partial charge in [0.05, 0.1) is 19.3 Å². The van der Waals surface area contributed by atoms with Gasteiger partial charge in [-0.15, -0.1) is 0 Å². The Labute approximate surface area is 107 Å². The maximum absolute atomic E-state index is 11.5. The zero-order valence-corrected chi connectivity index (χ0v) is 11.1. The number of carboxylic acids is 1. The lowest BCUT2D eigenvalue weighted by atomic mass is 10.1. The third-order valence-electron chi connectivity index (χ3n) is 2.22. The fourth-order valence-electron chi connectivity index (χ4n) is 1.20. The maximum Gasteiger partial charge on any atom is 0.329 e. The summed E-state index contributed by atoms with van der Waals surface area (Å²) in [6.45, 7) is 4.48. The standard InChI is InChI=1S/C11H22N2O5/c1-8(2)9(6-17-3)13-11(16)12-4-5-18-7-10(14)15/h8-9H,4-7H2,1-3H3,(H,14,15)(H2,12,13,16). The Bertz CT molecular complexity index is 258. The summed E-state index contributed by atoms with van der Waals surface area (Å²) >= 11 is 0. The van der Waals surface area contributed by atoms with Crippen LogP contribution in [-0.4, -0.2) is 56.6 Å². The van der Waals surface area contributed by atoms with E-state index in [1.165, 1.54) is 0 Å². The van der Waals surface area contributed by atoms with E-state index in [1.54, 1.807) is 7.11 Å². The van der Waals surface area contributed by atoms with Crippen molar-refractivity contribution in [3.63, 3.8) is 0 Å². The zero-order valence-electron chi connectivity index (χ0n) is 11.1. The number of amides is 2. The molecule has 2 amide bonds. The Balaban J connectivity index is 3.71. The third-order valence-corrected chi connectivity index (χ3v) is 2.22. The minimum Gasteiger partial charge on any atom is -0.480 e. The van der Waals surface area contributed by atoms with Crippen LogP contribution < -0.4 is 10.6 Å². The lowest BCUT2D eigenvalue weighted by molar-refractivity contribution is -0.142. The van der Waals surface area contributed by atoms with Crippen LogP contribution in [-0.2, 0) is 14.3 Å². The van der Waals surface area contributed by atoms with Crippen LogP contribution in [0.25, 0.3) is 0 Å². The van der Waals surface area contributed by atoms with Crippen molar-refractivity contribution >= 4 is 12.0 Å². The van der Waals surface area contributed by atoms with E-state index < -0.39 is 5.97 Å². The molecule has 0 heterocycles. The number of rotatable bonds is 9. The number of carboxylic acid groups (broad SMARTS) is 1. The Morgan fingerprint density at radius 2 is 2.00 bits per heavy atom. The topological polar surface area (TPSA) is 96.9 Å². The first-order chi connectivity index (χ1) is 8.47. The summed E-state index contributed by atoms with van der Waals surface area (Å²) in [5.41, 5.74) is 0. The summed E-state index contributed by atoms with van der Waals surface area (Å²) in [6.07, 6.45) is 0. The normalized spacial score (nSPS) is 12.2. The van der Waals surface area contributed by atoms with E-state index in [0.29, 0.717) is 6.61 Å². The molecule has 7 heteroatoms. The predicted molar refractivity (Wildman–Crippen MR) is 65.5 cm³/mol. The van der Waals surface area contributed by atoms with Crippen LogP contribution in [0.15, 0.2) is 0 Å². The number of hydrogen-bond donors (Lipinski definition) is 3. The molecule has 0 saturated heterocycles. The second-order valence-corrected chi connectivity index (χ2v) is 4.15. The first-order valence-electron chi connectivity index (χ1n) is 5.80. The van der Waals surface area contributed by atoms with Crippen molar-refractivity contribution < 1.29 is 24.2 Å².